The normalized spacial score (nSPS) is 13.3. The van der Waals surface area contributed by atoms with Crippen LogP contribution in [-0.2, 0) is 25.4 Å². The first kappa shape index (κ1) is 18.6. The Morgan fingerprint density at radius 3 is 2.68 bits per heavy atom. The lowest BCUT2D eigenvalue weighted by atomic mass is 10.1. The first-order chi connectivity index (χ1) is 10.3. The largest absolute Gasteiger partial charge is 0.468 e. The van der Waals surface area contributed by atoms with Crippen molar-refractivity contribution >= 4 is 40.2 Å². The molecule has 0 saturated heterocycles. The molecule has 1 aromatic carbocycles. The lowest BCUT2D eigenvalue weighted by Crippen LogP contribution is -2.32. The van der Waals surface area contributed by atoms with Crippen molar-refractivity contribution in [1.82, 2.24) is 0 Å². The molecule has 0 aromatic heterocycles. The van der Waals surface area contributed by atoms with Gasteiger partial charge in [-0.1, -0.05) is 11.6 Å². The van der Waals surface area contributed by atoms with Gasteiger partial charge < -0.3 is 20.3 Å². The van der Waals surface area contributed by atoms with Crippen LogP contribution < -0.4 is 11.1 Å². The van der Waals surface area contributed by atoms with Gasteiger partial charge >= 0.3 is 5.97 Å². The zero-order valence-corrected chi connectivity index (χ0v) is 13.7. The predicted molar refractivity (Wildman–Crippen MR) is 83.1 cm³/mol. The third-order valence-electron chi connectivity index (χ3n) is 2.98. The van der Waals surface area contributed by atoms with Crippen molar-refractivity contribution in [1.29, 1.82) is 0 Å². The Morgan fingerprint density at radius 1 is 1.50 bits per heavy atom. The number of esters is 1. The quantitative estimate of drug-likeness (QED) is 0.529. The Kier molecular flexibility index (Phi) is 6.95. The molecule has 2 atom stereocenters. The number of nitrogens with one attached hydrogen (secondary N) is 1. The van der Waals surface area contributed by atoms with Gasteiger partial charge in [-0.05, 0) is 31.0 Å². The predicted octanol–water partition coefficient (Wildman–Crippen LogP) is 1.45. The molecule has 0 aliphatic heterocycles. The summed E-state index contributed by atoms with van der Waals surface area (Å²) in [6.07, 6.45) is 0.122. The van der Waals surface area contributed by atoms with Crippen LogP contribution >= 0.6 is 11.6 Å². The first-order valence-corrected chi connectivity index (χ1v) is 7.79. The Hall–Kier alpha value is -1.48. The number of carbonyl (C=O) groups excluding carboxylic acids is 2. The van der Waals surface area contributed by atoms with E-state index in [1.165, 1.54) is 19.2 Å². The maximum Gasteiger partial charge on any atom is 0.322 e. The van der Waals surface area contributed by atoms with E-state index in [0.29, 0.717) is 11.3 Å². The maximum atomic E-state index is 11.9. The minimum atomic E-state index is -2.21. The third kappa shape index (κ3) is 5.06. The zero-order valence-electron chi connectivity index (χ0n) is 12.1. The smallest absolute Gasteiger partial charge is 0.322 e. The highest BCUT2D eigenvalue weighted by Crippen LogP contribution is 2.27. The average molecular weight is 349 g/mol. The SMILES string of the molecule is COC(=O)[C@@H](N)CCC(=O)Nc1cc(S(=O)O)cc(Cl)c1C. The molecule has 1 aromatic rings. The number of nitrogens with two attached hydrogens (primary N) is 1. The minimum Gasteiger partial charge on any atom is -0.468 e. The number of hydrogen-bond acceptors (Lipinski definition) is 5. The van der Waals surface area contributed by atoms with E-state index in [2.05, 4.69) is 10.1 Å². The zero-order chi connectivity index (χ0) is 16.9. The topological polar surface area (TPSA) is 119 Å². The molecule has 1 rings (SSSR count). The van der Waals surface area contributed by atoms with Crippen molar-refractivity contribution in [2.75, 3.05) is 12.4 Å². The summed E-state index contributed by atoms with van der Waals surface area (Å²) in [4.78, 5) is 23.1. The van der Waals surface area contributed by atoms with Crippen LogP contribution in [0.1, 0.15) is 18.4 Å². The van der Waals surface area contributed by atoms with Crippen LogP contribution in [0.5, 0.6) is 0 Å². The van der Waals surface area contributed by atoms with Crippen molar-refractivity contribution in [3.8, 4) is 0 Å². The summed E-state index contributed by atoms with van der Waals surface area (Å²) in [5.41, 5.74) is 6.44. The van der Waals surface area contributed by atoms with E-state index in [4.69, 9.17) is 21.9 Å². The number of benzene rings is 1. The second-order valence-corrected chi connectivity index (χ2v) is 5.92. The summed E-state index contributed by atoms with van der Waals surface area (Å²) in [5.74, 6) is -0.982. The van der Waals surface area contributed by atoms with Gasteiger partial charge in [0.15, 0.2) is 11.1 Å². The van der Waals surface area contributed by atoms with Crippen LogP contribution in [0.25, 0.3) is 0 Å². The van der Waals surface area contributed by atoms with Crippen LogP contribution in [0.3, 0.4) is 0 Å². The van der Waals surface area contributed by atoms with Gasteiger partial charge in [0.25, 0.3) is 0 Å². The number of methoxy groups -OCH3 is 1. The van der Waals surface area contributed by atoms with Crippen molar-refractivity contribution in [3.05, 3.63) is 22.7 Å². The number of anilines is 1. The van der Waals surface area contributed by atoms with Crippen molar-refractivity contribution in [3.63, 3.8) is 0 Å². The second kappa shape index (κ2) is 8.23. The molecule has 1 unspecified atom stereocenters. The van der Waals surface area contributed by atoms with E-state index in [1.807, 2.05) is 0 Å². The van der Waals surface area contributed by atoms with Gasteiger partial charge in [-0.2, -0.15) is 0 Å². The van der Waals surface area contributed by atoms with Crippen molar-refractivity contribution in [2.24, 2.45) is 5.73 Å². The Bertz CT molecular complexity index is 608. The fourth-order valence-corrected chi connectivity index (χ4v) is 2.37. The molecule has 0 fully saturated rings. The molecule has 0 heterocycles. The summed E-state index contributed by atoms with van der Waals surface area (Å²) < 4.78 is 24.7. The lowest BCUT2D eigenvalue weighted by Gasteiger charge is -2.12. The molecule has 0 aliphatic rings. The summed E-state index contributed by atoms with van der Waals surface area (Å²) in [6.45, 7) is 1.67. The Morgan fingerprint density at radius 2 is 2.14 bits per heavy atom. The molecule has 4 N–H and O–H groups in total. The first-order valence-electron chi connectivity index (χ1n) is 6.30. The van der Waals surface area contributed by atoms with Crippen LogP contribution in [0, 0.1) is 6.92 Å². The number of halogens is 1. The summed E-state index contributed by atoms with van der Waals surface area (Å²) in [6, 6.07) is 1.85. The van der Waals surface area contributed by atoms with E-state index in [1.54, 1.807) is 6.92 Å². The number of amides is 1. The summed E-state index contributed by atoms with van der Waals surface area (Å²) in [7, 11) is 1.22. The van der Waals surface area contributed by atoms with Gasteiger partial charge in [-0.3, -0.25) is 9.59 Å². The number of rotatable bonds is 6. The second-order valence-electron chi connectivity index (χ2n) is 4.54. The summed E-state index contributed by atoms with van der Waals surface area (Å²) in [5, 5.41) is 2.85. The van der Waals surface area contributed by atoms with E-state index in [0.717, 1.165) is 0 Å². The van der Waals surface area contributed by atoms with Crippen LogP contribution in [-0.4, -0.2) is 33.8 Å². The molecular weight excluding hydrogens is 332 g/mol. The van der Waals surface area contributed by atoms with E-state index in [9.17, 15) is 13.8 Å². The van der Waals surface area contributed by atoms with Gasteiger partial charge in [0, 0.05) is 17.1 Å². The Balaban J connectivity index is 2.76. The summed E-state index contributed by atoms with van der Waals surface area (Å²) >= 11 is 3.75. The van der Waals surface area contributed by atoms with E-state index >= 15 is 0 Å². The highest BCUT2D eigenvalue weighted by molar-refractivity contribution is 7.79. The van der Waals surface area contributed by atoms with Crippen LogP contribution in [0.2, 0.25) is 5.02 Å². The number of ether oxygens (including phenoxy) is 1. The number of carbonyl (C=O) groups is 2. The third-order valence-corrected chi connectivity index (χ3v) is 4.01. The molecule has 0 saturated carbocycles. The van der Waals surface area contributed by atoms with Gasteiger partial charge in [-0.15, -0.1) is 0 Å². The molecule has 122 valence electrons. The lowest BCUT2D eigenvalue weighted by molar-refractivity contribution is -0.142. The number of hydrogen-bond donors (Lipinski definition) is 3. The molecule has 0 radical (unpaired) electrons. The molecule has 7 nitrogen and oxygen atoms in total. The monoisotopic (exact) mass is 348 g/mol. The molecule has 0 aliphatic carbocycles. The van der Waals surface area contributed by atoms with E-state index < -0.39 is 23.1 Å². The average Bonchev–Trinajstić information content (AvgIpc) is 2.48. The molecule has 0 bridgehead atoms. The molecule has 9 heteroatoms. The van der Waals surface area contributed by atoms with Gasteiger partial charge in [0.1, 0.15) is 6.04 Å². The van der Waals surface area contributed by atoms with Crippen LogP contribution in [0.4, 0.5) is 5.69 Å². The minimum absolute atomic E-state index is 0.000231. The maximum absolute atomic E-state index is 11.9. The van der Waals surface area contributed by atoms with Gasteiger partial charge in [0.05, 0.1) is 12.0 Å². The van der Waals surface area contributed by atoms with Gasteiger partial charge in [-0.25, -0.2) is 4.21 Å². The van der Waals surface area contributed by atoms with E-state index in [-0.39, 0.29) is 28.7 Å². The standard InChI is InChI=1S/C13H17ClN2O5S/c1-7-9(14)5-8(22(19)20)6-11(7)16-12(17)4-3-10(15)13(18)21-2/h5-6,10H,3-4,15H2,1-2H3,(H,16,17)(H,19,20)/t10-/m0/s1. The fourth-order valence-electron chi connectivity index (χ4n) is 1.65. The van der Waals surface area contributed by atoms with Crippen LogP contribution in [0.15, 0.2) is 17.0 Å². The van der Waals surface area contributed by atoms with Crippen molar-refractivity contribution < 1.29 is 23.1 Å². The molecule has 0 spiro atoms. The van der Waals surface area contributed by atoms with Gasteiger partial charge in [0.2, 0.25) is 5.91 Å². The fraction of sp³-hybridized carbons (Fsp3) is 0.385. The molecule has 22 heavy (non-hydrogen) atoms. The highest BCUT2D eigenvalue weighted by atomic mass is 35.5. The molecule has 1 amide bonds. The Labute approximate surface area is 135 Å². The molecular formula is C13H17ClN2O5S. The highest BCUT2D eigenvalue weighted by Gasteiger charge is 2.16. The van der Waals surface area contributed by atoms with Crippen molar-refractivity contribution in [2.45, 2.75) is 30.7 Å².